The summed E-state index contributed by atoms with van der Waals surface area (Å²) in [4.78, 5) is 0. The molecule has 6 nitrogen and oxygen atoms in total. The minimum absolute atomic E-state index is 0.0301. The van der Waals surface area contributed by atoms with Gasteiger partial charge >= 0.3 is 10.2 Å². The highest BCUT2D eigenvalue weighted by Crippen LogP contribution is 2.32. The number of nitrogens with two attached hydrogens (primary N) is 1. The Morgan fingerprint density at radius 3 is 2.88 bits per heavy atom. The molecule has 3 rings (SSSR count). The van der Waals surface area contributed by atoms with Crippen molar-refractivity contribution in [3.8, 4) is 0 Å². The first-order chi connectivity index (χ1) is 8.05. The van der Waals surface area contributed by atoms with Crippen LogP contribution in [0.4, 0.5) is 11.4 Å². The fraction of sp³-hybridized carbons (Fsp3) is 0.300. The number of anilines is 2. The van der Waals surface area contributed by atoms with E-state index in [1.165, 1.54) is 0 Å². The fourth-order valence-electron chi connectivity index (χ4n) is 1.82. The van der Waals surface area contributed by atoms with Gasteiger partial charge in [0.25, 0.3) is 0 Å². The Morgan fingerprint density at radius 2 is 2.18 bits per heavy atom. The molecule has 90 valence electrons. The molecule has 1 aromatic rings. The van der Waals surface area contributed by atoms with Crippen LogP contribution in [0.2, 0.25) is 0 Å². The summed E-state index contributed by atoms with van der Waals surface area (Å²) in [6.45, 7) is 0. The van der Waals surface area contributed by atoms with Crippen LogP contribution in [0, 0.1) is 0 Å². The molecule has 0 saturated heterocycles. The van der Waals surface area contributed by atoms with Crippen LogP contribution < -0.4 is 15.8 Å². The number of hydrogen-bond donors (Lipinski definition) is 3. The van der Waals surface area contributed by atoms with Crippen LogP contribution in [0.15, 0.2) is 22.6 Å². The van der Waals surface area contributed by atoms with Gasteiger partial charge in [0, 0.05) is 11.7 Å². The van der Waals surface area contributed by atoms with Crippen LogP contribution in [0.25, 0.3) is 0 Å². The number of amidine groups is 1. The molecule has 0 unspecified atom stereocenters. The lowest BCUT2D eigenvalue weighted by Gasteiger charge is -2.19. The highest BCUT2D eigenvalue weighted by molar-refractivity contribution is 7.91. The molecular formula is C10H12N4O2S. The Bertz CT molecular complexity index is 605. The van der Waals surface area contributed by atoms with E-state index in [4.69, 9.17) is 5.73 Å². The lowest BCUT2D eigenvalue weighted by Crippen LogP contribution is -2.27. The van der Waals surface area contributed by atoms with Crippen LogP contribution in [0.3, 0.4) is 0 Å². The minimum atomic E-state index is -3.69. The van der Waals surface area contributed by atoms with E-state index < -0.39 is 10.2 Å². The van der Waals surface area contributed by atoms with E-state index in [1.807, 2.05) is 6.07 Å². The summed E-state index contributed by atoms with van der Waals surface area (Å²) in [5.74, 6) is 0.0301. The van der Waals surface area contributed by atoms with Crippen molar-refractivity contribution in [2.45, 2.75) is 18.9 Å². The number of fused-ring (bicyclic) bond motifs is 1. The molecule has 0 radical (unpaired) electrons. The molecule has 1 aliphatic heterocycles. The van der Waals surface area contributed by atoms with E-state index in [9.17, 15) is 8.42 Å². The first-order valence-electron chi connectivity index (χ1n) is 5.33. The first kappa shape index (κ1) is 10.4. The predicted octanol–water partition coefficient (Wildman–Crippen LogP) is 0.636. The molecule has 0 aromatic heterocycles. The summed E-state index contributed by atoms with van der Waals surface area (Å²) in [6.07, 6.45) is 2.26. The van der Waals surface area contributed by atoms with Gasteiger partial charge in [0.1, 0.15) is 5.84 Å². The van der Waals surface area contributed by atoms with Gasteiger partial charge < -0.3 is 11.1 Å². The molecule has 0 atom stereocenters. The second-order valence-corrected chi connectivity index (χ2v) is 5.54. The molecular weight excluding hydrogens is 240 g/mol. The van der Waals surface area contributed by atoms with E-state index in [2.05, 4.69) is 14.4 Å². The fourth-order valence-corrected chi connectivity index (χ4v) is 2.66. The van der Waals surface area contributed by atoms with Gasteiger partial charge in [-0.1, -0.05) is 6.07 Å². The van der Waals surface area contributed by atoms with Crippen LogP contribution in [0.1, 0.15) is 18.4 Å². The maximum Gasteiger partial charge on any atom is 0.344 e. The van der Waals surface area contributed by atoms with Crippen LogP contribution in [-0.4, -0.2) is 20.3 Å². The molecule has 1 fully saturated rings. The molecule has 4 N–H and O–H groups in total. The van der Waals surface area contributed by atoms with Gasteiger partial charge in [-0.15, -0.1) is 4.40 Å². The van der Waals surface area contributed by atoms with Crippen molar-refractivity contribution in [1.82, 2.24) is 0 Å². The Kier molecular flexibility index (Phi) is 2.06. The predicted molar refractivity (Wildman–Crippen MR) is 66.4 cm³/mol. The Labute approximate surface area is 99.1 Å². The molecule has 7 heteroatoms. The first-order valence-corrected chi connectivity index (χ1v) is 6.77. The molecule has 17 heavy (non-hydrogen) atoms. The number of hydrogen-bond acceptors (Lipinski definition) is 4. The van der Waals surface area contributed by atoms with E-state index in [0.717, 1.165) is 18.5 Å². The molecule has 1 aromatic carbocycles. The Balaban J connectivity index is 2.10. The summed E-state index contributed by atoms with van der Waals surface area (Å²) < 4.78 is 28.6. The normalized spacial score (nSPS) is 21.1. The lowest BCUT2D eigenvalue weighted by molar-refractivity contribution is 0.602. The highest BCUT2D eigenvalue weighted by Gasteiger charge is 2.27. The van der Waals surface area contributed by atoms with E-state index >= 15 is 0 Å². The van der Waals surface area contributed by atoms with Gasteiger partial charge in [-0.2, -0.15) is 8.42 Å². The average molecular weight is 252 g/mol. The molecule has 1 heterocycles. The van der Waals surface area contributed by atoms with Crippen molar-refractivity contribution >= 4 is 27.4 Å². The molecule has 0 bridgehead atoms. The molecule has 0 spiro atoms. The average Bonchev–Trinajstić information content (AvgIpc) is 2.99. The molecule has 2 aliphatic rings. The van der Waals surface area contributed by atoms with Crippen molar-refractivity contribution in [3.63, 3.8) is 0 Å². The third-order valence-corrected chi connectivity index (χ3v) is 3.63. The molecule has 1 saturated carbocycles. The minimum Gasteiger partial charge on any atom is -0.382 e. The zero-order chi connectivity index (χ0) is 12.0. The standard InChI is InChI=1S/C10H12N4O2S/c11-10-9-7(12-6-4-5-6)2-1-3-8(9)13-17(15,16)14-10/h1-3,6,12-13H,4-5H2,(H2,11,14). The SMILES string of the molecule is NC1=NS(=O)(=O)Nc2cccc(NC3CC3)c21. The largest absolute Gasteiger partial charge is 0.382 e. The lowest BCUT2D eigenvalue weighted by atomic mass is 10.1. The Hall–Kier alpha value is -1.76. The zero-order valence-electron chi connectivity index (χ0n) is 8.97. The second-order valence-electron chi connectivity index (χ2n) is 4.20. The van der Waals surface area contributed by atoms with Gasteiger partial charge in [0.15, 0.2) is 0 Å². The summed E-state index contributed by atoms with van der Waals surface area (Å²) in [5.41, 5.74) is 7.65. The Morgan fingerprint density at radius 1 is 1.41 bits per heavy atom. The maximum atomic E-state index is 11.4. The van der Waals surface area contributed by atoms with E-state index in [-0.39, 0.29) is 5.84 Å². The zero-order valence-corrected chi connectivity index (χ0v) is 9.79. The number of nitrogens with one attached hydrogen (secondary N) is 2. The van der Waals surface area contributed by atoms with Crippen molar-refractivity contribution in [2.24, 2.45) is 10.1 Å². The monoisotopic (exact) mass is 252 g/mol. The van der Waals surface area contributed by atoms with Gasteiger partial charge in [-0.25, -0.2) is 0 Å². The summed E-state index contributed by atoms with van der Waals surface area (Å²) in [5, 5.41) is 3.31. The molecule has 1 aliphatic carbocycles. The summed E-state index contributed by atoms with van der Waals surface area (Å²) >= 11 is 0. The topological polar surface area (TPSA) is 96.6 Å². The number of rotatable bonds is 2. The number of nitrogens with zero attached hydrogens (tertiary/aromatic N) is 1. The third-order valence-electron chi connectivity index (χ3n) is 2.72. The van der Waals surface area contributed by atoms with Gasteiger partial charge in [-0.05, 0) is 25.0 Å². The smallest absolute Gasteiger partial charge is 0.344 e. The van der Waals surface area contributed by atoms with Gasteiger partial charge in [0.2, 0.25) is 0 Å². The van der Waals surface area contributed by atoms with Crippen molar-refractivity contribution in [1.29, 1.82) is 0 Å². The van der Waals surface area contributed by atoms with Crippen molar-refractivity contribution in [2.75, 3.05) is 10.0 Å². The van der Waals surface area contributed by atoms with Crippen LogP contribution in [0.5, 0.6) is 0 Å². The van der Waals surface area contributed by atoms with Crippen LogP contribution in [-0.2, 0) is 10.2 Å². The van der Waals surface area contributed by atoms with E-state index in [1.54, 1.807) is 12.1 Å². The summed E-state index contributed by atoms with van der Waals surface area (Å²) in [6, 6.07) is 5.80. The highest BCUT2D eigenvalue weighted by atomic mass is 32.2. The second kappa shape index (κ2) is 3.36. The van der Waals surface area contributed by atoms with E-state index in [0.29, 0.717) is 17.3 Å². The van der Waals surface area contributed by atoms with Crippen LogP contribution >= 0.6 is 0 Å². The van der Waals surface area contributed by atoms with Gasteiger partial charge in [-0.3, -0.25) is 4.72 Å². The van der Waals surface area contributed by atoms with Crippen molar-refractivity contribution < 1.29 is 8.42 Å². The number of benzene rings is 1. The maximum absolute atomic E-state index is 11.4. The summed E-state index contributed by atoms with van der Waals surface area (Å²) in [7, 11) is -3.69. The quantitative estimate of drug-likeness (QED) is 0.719. The third kappa shape index (κ3) is 1.93. The van der Waals surface area contributed by atoms with Gasteiger partial charge in [0.05, 0.1) is 11.3 Å². The van der Waals surface area contributed by atoms with Crippen molar-refractivity contribution in [3.05, 3.63) is 23.8 Å². The molecule has 0 amide bonds.